The summed E-state index contributed by atoms with van der Waals surface area (Å²) in [4.78, 5) is 7.71. The molecule has 2 aromatic rings. The number of hydrogen-bond donors (Lipinski definition) is 1. The van der Waals surface area contributed by atoms with Crippen LogP contribution in [0.1, 0.15) is 10.4 Å². The Morgan fingerprint density at radius 1 is 1.33 bits per heavy atom. The van der Waals surface area contributed by atoms with Gasteiger partial charge in [-0.15, -0.1) is 11.3 Å². The highest BCUT2D eigenvalue weighted by molar-refractivity contribution is 7.09. The molecule has 0 amide bonds. The minimum atomic E-state index is -0.213. The summed E-state index contributed by atoms with van der Waals surface area (Å²) in [5.41, 5.74) is 0.905. The molecule has 1 heterocycles. The predicted molar refractivity (Wildman–Crippen MR) is 87.3 cm³/mol. The fourth-order valence-corrected chi connectivity index (χ4v) is 2.75. The summed E-state index contributed by atoms with van der Waals surface area (Å²) in [7, 11) is 3.77. The monoisotopic (exact) mass is 305 g/mol. The van der Waals surface area contributed by atoms with Crippen LogP contribution in [0.2, 0.25) is 0 Å². The quantitative estimate of drug-likeness (QED) is 0.679. The molecule has 0 atom stereocenters. The second kappa shape index (κ2) is 7.78. The van der Waals surface area contributed by atoms with E-state index in [1.807, 2.05) is 13.1 Å². The maximum absolute atomic E-state index is 13.1. The smallest absolute Gasteiger partial charge is 0.193 e. The molecule has 1 aromatic carbocycles. The molecule has 0 saturated carbocycles. The van der Waals surface area contributed by atoms with Gasteiger partial charge in [0.25, 0.3) is 0 Å². The Morgan fingerprint density at radius 2 is 2.19 bits per heavy atom. The van der Waals surface area contributed by atoms with E-state index in [0.29, 0.717) is 6.54 Å². The molecule has 0 radical (unpaired) electrons. The van der Waals surface area contributed by atoms with Crippen molar-refractivity contribution in [2.45, 2.75) is 13.0 Å². The molecular formula is C16H20FN3S. The molecule has 0 spiro atoms. The largest absolute Gasteiger partial charge is 0.352 e. The van der Waals surface area contributed by atoms with Gasteiger partial charge in [-0.3, -0.25) is 4.99 Å². The molecule has 1 aromatic heterocycles. The van der Waals surface area contributed by atoms with Crippen molar-refractivity contribution in [3.63, 3.8) is 0 Å². The Balaban J connectivity index is 1.84. The SMILES string of the molecule is CN=C(NCc1cccc(F)c1)N(C)CCc1cccs1. The molecule has 21 heavy (non-hydrogen) atoms. The van der Waals surface area contributed by atoms with E-state index in [-0.39, 0.29) is 5.82 Å². The zero-order chi connectivity index (χ0) is 15.1. The number of likely N-dealkylation sites (N-methyl/N-ethyl adjacent to an activating group) is 1. The van der Waals surface area contributed by atoms with E-state index in [4.69, 9.17) is 0 Å². The van der Waals surface area contributed by atoms with Crippen LogP contribution in [-0.2, 0) is 13.0 Å². The molecule has 112 valence electrons. The molecule has 0 aliphatic rings. The summed E-state index contributed by atoms with van der Waals surface area (Å²) in [5, 5.41) is 5.35. The minimum Gasteiger partial charge on any atom is -0.352 e. The predicted octanol–water partition coefficient (Wildman–Crippen LogP) is 3.14. The van der Waals surface area contributed by atoms with Gasteiger partial charge in [0.1, 0.15) is 5.82 Å². The van der Waals surface area contributed by atoms with Gasteiger partial charge in [-0.1, -0.05) is 18.2 Å². The van der Waals surface area contributed by atoms with E-state index in [1.54, 1.807) is 24.5 Å². The van der Waals surface area contributed by atoms with Crippen molar-refractivity contribution in [2.75, 3.05) is 20.6 Å². The Morgan fingerprint density at radius 3 is 2.86 bits per heavy atom. The molecule has 0 aliphatic carbocycles. The van der Waals surface area contributed by atoms with E-state index in [1.165, 1.54) is 17.0 Å². The molecule has 0 unspecified atom stereocenters. The van der Waals surface area contributed by atoms with Gasteiger partial charge in [-0.2, -0.15) is 0 Å². The van der Waals surface area contributed by atoms with E-state index < -0.39 is 0 Å². The third-order valence-corrected chi connectivity index (χ3v) is 4.12. The van der Waals surface area contributed by atoms with Crippen LogP contribution in [0.3, 0.4) is 0 Å². The van der Waals surface area contributed by atoms with Crippen LogP contribution in [0.4, 0.5) is 4.39 Å². The number of hydrogen-bond acceptors (Lipinski definition) is 2. The third kappa shape index (κ3) is 4.86. The van der Waals surface area contributed by atoms with Crippen LogP contribution in [0, 0.1) is 5.82 Å². The summed E-state index contributed by atoms with van der Waals surface area (Å²) >= 11 is 1.77. The van der Waals surface area contributed by atoms with Crippen molar-refractivity contribution in [2.24, 2.45) is 4.99 Å². The molecule has 5 heteroatoms. The molecule has 3 nitrogen and oxygen atoms in total. The Hall–Kier alpha value is -1.88. The lowest BCUT2D eigenvalue weighted by Crippen LogP contribution is -2.39. The highest BCUT2D eigenvalue weighted by atomic mass is 32.1. The van der Waals surface area contributed by atoms with Gasteiger partial charge >= 0.3 is 0 Å². The van der Waals surface area contributed by atoms with Crippen molar-refractivity contribution in [1.82, 2.24) is 10.2 Å². The van der Waals surface area contributed by atoms with Gasteiger partial charge in [0.15, 0.2) is 5.96 Å². The van der Waals surface area contributed by atoms with Crippen molar-refractivity contribution in [3.8, 4) is 0 Å². The molecule has 0 saturated heterocycles. The lowest BCUT2D eigenvalue weighted by Gasteiger charge is -2.21. The van der Waals surface area contributed by atoms with E-state index in [2.05, 4.69) is 32.7 Å². The molecule has 1 N–H and O–H groups in total. The molecule has 2 rings (SSSR count). The number of benzene rings is 1. The first-order chi connectivity index (χ1) is 10.2. The highest BCUT2D eigenvalue weighted by Gasteiger charge is 2.06. The summed E-state index contributed by atoms with van der Waals surface area (Å²) in [6, 6.07) is 10.8. The molecule has 0 aliphatic heterocycles. The van der Waals surface area contributed by atoms with Crippen LogP contribution < -0.4 is 5.32 Å². The first-order valence-corrected chi connectivity index (χ1v) is 7.75. The number of nitrogens with zero attached hydrogens (tertiary/aromatic N) is 2. The van der Waals surface area contributed by atoms with E-state index >= 15 is 0 Å². The topological polar surface area (TPSA) is 27.6 Å². The number of thiophene rings is 1. The van der Waals surface area contributed by atoms with Gasteiger partial charge in [-0.05, 0) is 35.6 Å². The van der Waals surface area contributed by atoms with Gasteiger partial charge in [-0.25, -0.2) is 4.39 Å². The number of halogens is 1. The lowest BCUT2D eigenvalue weighted by atomic mass is 10.2. The average molecular weight is 305 g/mol. The summed E-state index contributed by atoms with van der Waals surface area (Å²) in [5.74, 6) is 0.603. The van der Waals surface area contributed by atoms with Crippen LogP contribution in [0.5, 0.6) is 0 Å². The van der Waals surface area contributed by atoms with Gasteiger partial charge < -0.3 is 10.2 Å². The second-order valence-electron chi connectivity index (χ2n) is 4.78. The Kier molecular flexibility index (Phi) is 5.75. The lowest BCUT2D eigenvalue weighted by molar-refractivity contribution is 0.486. The van der Waals surface area contributed by atoms with Gasteiger partial charge in [0.2, 0.25) is 0 Å². The maximum Gasteiger partial charge on any atom is 0.193 e. The minimum absolute atomic E-state index is 0.213. The Bertz CT molecular complexity index is 581. The van der Waals surface area contributed by atoms with Crippen molar-refractivity contribution in [3.05, 3.63) is 58.0 Å². The fourth-order valence-electron chi connectivity index (χ4n) is 2.05. The zero-order valence-corrected chi connectivity index (χ0v) is 13.2. The van der Waals surface area contributed by atoms with Crippen LogP contribution >= 0.6 is 11.3 Å². The van der Waals surface area contributed by atoms with Gasteiger partial charge in [0.05, 0.1) is 0 Å². The number of aliphatic imine (C=N–C) groups is 1. The molecular weight excluding hydrogens is 285 g/mol. The zero-order valence-electron chi connectivity index (χ0n) is 12.3. The number of nitrogens with one attached hydrogen (secondary N) is 1. The van der Waals surface area contributed by atoms with Crippen LogP contribution in [-0.4, -0.2) is 31.5 Å². The van der Waals surface area contributed by atoms with Crippen molar-refractivity contribution >= 4 is 17.3 Å². The Labute approximate surface area is 129 Å². The normalized spacial score (nSPS) is 11.5. The standard InChI is InChI=1S/C16H20FN3S/c1-18-16(19-12-13-5-3-6-14(17)11-13)20(2)9-8-15-7-4-10-21-15/h3-7,10-11H,8-9,12H2,1-2H3,(H,18,19). The first kappa shape index (κ1) is 15.5. The fraction of sp³-hybridized carbons (Fsp3) is 0.312. The van der Waals surface area contributed by atoms with Crippen LogP contribution in [0.25, 0.3) is 0 Å². The summed E-state index contributed by atoms with van der Waals surface area (Å²) < 4.78 is 13.1. The summed E-state index contributed by atoms with van der Waals surface area (Å²) in [6.45, 7) is 1.46. The van der Waals surface area contributed by atoms with E-state index in [9.17, 15) is 4.39 Å². The van der Waals surface area contributed by atoms with Crippen LogP contribution in [0.15, 0.2) is 46.8 Å². The summed E-state index contributed by atoms with van der Waals surface area (Å²) in [6.07, 6.45) is 0.995. The number of rotatable bonds is 5. The average Bonchev–Trinajstić information content (AvgIpc) is 2.99. The van der Waals surface area contributed by atoms with E-state index in [0.717, 1.165) is 24.5 Å². The van der Waals surface area contributed by atoms with Crippen molar-refractivity contribution < 1.29 is 4.39 Å². The number of guanidine groups is 1. The second-order valence-corrected chi connectivity index (χ2v) is 5.81. The molecule has 0 fully saturated rings. The van der Waals surface area contributed by atoms with Crippen molar-refractivity contribution in [1.29, 1.82) is 0 Å². The first-order valence-electron chi connectivity index (χ1n) is 6.87. The molecule has 0 bridgehead atoms. The third-order valence-electron chi connectivity index (χ3n) is 3.19. The van der Waals surface area contributed by atoms with Gasteiger partial charge in [0, 0.05) is 32.1 Å². The highest BCUT2D eigenvalue weighted by Crippen LogP contribution is 2.09. The maximum atomic E-state index is 13.1.